The zero-order valence-electron chi connectivity index (χ0n) is 23.9. The molecule has 8 heteroatoms. The van der Waals surface area contributed by atoms with Crippen molar-refractivity contribution in [2.24, 2.45) is 11.8 Å². The molecule has 0 spiro atoms. The second kappa shape index (κ2) is 10.9. The first-order valence-corrected chi connectivity index (χ1v) is 15.6. The van der Waals surface area contributed by atoms with E-state index in [9.17, 15) is 14.4 Å². The number of methoxy groups -OCH3 is 1. The van der Waals surface area contributed by atoms with Gasteiger partial charge in [0, 0.05) is 30.4 Å². The minimum absolute atomic E-state index is 0.0600. The summed E-state index contributed by atoms with van der Waals surface area (Å²) >= 11 is 0. The highest BCUT2D eigenvalue weighted by Gasteiger charge is 2.45. The Kier molecular flexibility index (Phi) is 7.05. The lowest BCUT2D eigenvalue weighted by molar-refractivity contribution is -0.141. The van der Waals surface area contributed by atoms with Crippen LogP contribution in [0, 0.1) is 11.8 Å². The summed E-state index contributed by atoms with van der Waals surface area (Å²) in [6.45, 7) is -0.213. The summed E-state index contributed by atoms with van der Waals surface area (Å²) in [5, 5.41) is 0. The summed E-state index contributed by atoms with van der Waals surface area (Å²) in [4.78, 5) is 47.3. The quantitative estimate of drug-likeness (QED) is 0.415. The lowest BCUT2D eigenvalue weighted by Crippen LogP contribution is -2.58. The third kappa shape index (κ3) is 4.84. The number of nitrogens with zero attached hydrogens (tertiary/aromatic N) is 4. The van der Waals surface area contributed by atoms with Crippen LogP contribution in [-0.4, -0.2) is 50.2 Å². The summed E-state index contributed by atoms with van der Waals surface area (Å²) < 4.78 is 7.99. The number of pyridine rings is 1. The molecule has 4 heterocycles. The average Bonchev–Trinajstić information content (AvgIpc) is 2.97. The van der Waals surface area contributed by atoms with E-state index < -0.39 is 11.5 Å². The van der Waals surface area contributed by atoms with E-state index in [2.05, 4.69) is 4.90 Å². The van der Waals surface area contributed by atoms with Gasteiger partial charge in [0.2, 0.25) is 0 Å². The number of para-hydroxylation sites is 2. The number of aromatic nitrogens is 3. The second-order valence-corrected chi connectivity index (χ2v) is 12.9. The Balaban J connectivity index is 1.26. The van der Waals surface area contributed by atoms with Gasteiger partial charge >= 0.3 is 5.97 Å². The predicted molar refractivity (Wildman–Crippen MR) is 158 cm³/mol. The van der Waals surface area contributed by atoms with E-state index >= 15 is 0 Å². The van der Waals surface area contributed by atoms with Crippen LogP contribution in [0.3, 0.4) is 0 Å². The topological polar surface area (TPSA) is 86.4 Å². The van der Waals surface area contributed by atoms with Crippen molar-refractivity contribution in [2.75, 3.05) is 7.11 Å². The molecule has 2 aromatic heterocycles. The fourth-order valence-electron chi connectivity index (χ4n) is 8.87. The maximum atomic E-state index is 14.3. The predicted octanol–water partition coefficient (Wildman–Crippen LogP) is 4.93. The van der Waals surface area contributed by atoms with Gasteiger partial charge in [-0.3, -0.25) is 19.3 Å². The van der Waals surface area contributed by atoms with Crippen LogP contribution >= 0.6 is 0 Å². The minimum atomic E-state index is -0.520. The van der Waals surface area contributed by atoms with Crippen LogP contribution < -0.4 is 11.1 Å². The number of hydrogen-bond acceptors (Lipinski definition) is 6. The van der Waals surface area contributed by atoms with Crippen molar-refractivity contribution in [1.29, 1.82) is 0 Å². The number of esters is 1. The van der Waals surface area contributed by atoms with E-state index in [4.69, 9.17) is 9.72 Å². The second-order valence-electron chi connectivity index (χ2n) is 12.9. The van der Waals surface area contributed by atoms with E-state index in [0.717, 1.165) is 30.2 Å². The SMILES string of the molecule is COC(=O)Cn1cccc(-c2nc3ccccc3n(C3CC4CCCC(C3)N4C3CC4CCCC(C4)C3)c2=O)c1=O. The number of hydrogen-bond donors (Lipinski definition) is 0. The minimum Gasteiger partial charge on any atom is -0.468 e. The Hall–Kier alpha value is -3.26. The molecule has 4 unspecified atom stereocenters. The summed E-state index contributed by atoms with van der Waals surface area (Å²) in [6.07, 6.45) is 15.5. The van der Waals surface area contributed by atoms with Crippen LogP contribution in [0.2, 0.25) is 0 Å². The third-order valence-corrected chi connectivity index (χ3v) is 10.5. The number of rotatable bonds is 5. The fourth-order valence-corrected chi connectivity index (χ4v) is 8.87. The largest absolute Gasteiger partial charge is 0.468 e. The number of carbonyl (C=O) groups excluding carboxylic acids is 1. The highest BCUT2D eigenvalue weighted by atomic mass is 16.5. The normalized spacial score (nSPS) is 29.8. The van der Waals surface area contributed by atoms with E-state index in [0.29, 0.717) is 23.6 Å². The third-order valence-electron chi connectivity index (χ3n) is 10.5. The van der Waals surface area contributed by atoms with Crippen LogP contribution in [-0.2, 0) is 16.1 Å². The molecule has 41 heavy (non-hydrogen) atoms. The summed E-state index contributed by atoms with van der Waals surface area (Å²) in [6, 6.07) is 12.8. The molecule has 4 aliphatic rings. The Labute approximate surface area is 240 Å². The zero-order valence-corrected chi connectivity index (χ0v) is 23.9. The van der Waals surface area contributed by atoms with Gasteiger partial charge in [0.25, 0.3) is 11.1 Å². The molecule has 2 aliphatic heterocycles. The number of piperidine rings is 2. The smallest absolute Gasteiger partial charge is 0.325 e. The Morgan fingerprint density at radius 1 is 0.829 bits per heavy atom. The van der Waals surface area contributed by atoms with E-state index in [1.54, 1.807) is 18.3 Å². The molecule has 216 valence electrons. The van der Waals surface area contributed by atoms with Gasteiger partial charge in [-0.25, -0.2) is 4.98 Å². The van der Waals surface area contributed by atoms with Crippen LogP contribution in [0.5, 0.6) is 0 Å². The molecule has 0 radical (unpaired) electrons. The standard InChI is InChI=1S/C33H40N4O4/c1-41-30(38)20-35-14-6-11-27(32(35)39)31-33(40)37(29-13-3-2-12-28(29)34-31)26-18-23-9-5-10-24(19-26)36(23)25-16-21-7-4-8-22(15-21)17-25/h2-3,6,11-14,21-26H,4-5,7-10,15-20H2,1H3. The van der Waals surface area contributed by atoms with Crippen molar-refractivity contribution < 1.29 is 9.53 Å². The van der Waals surface area contributed by atoms with Gasteiger partial charge in [0.05, 0.1) is 23.7 Å². The van der Waals surface area contributed by atoms with E-state index in [1.165, 1.54) is 69.5 Å². The van der Waals surface area contributed by atoms with Gasteiger partial charge in [0.1, 0.15) is 12.2 Å². The van der Waals surface area contributed by atoms with Crippen LogP contribution in [0.25, 0.3) is 22.3 Å². The molecule has 2 aliphatic carbocycles. The molecule has 7 rings (SSSR count). The van der Waals surface area contributed by atoms with Gasteiger partial charge in [0.15, 0.2) is 0 Å². The van der Waals surface area contributed by atoms with Crippen molar-refractivity contribution in [1.82, 2.24) is 19.0 Å². The van der Waals surface area contributed by atoms with Crippen LogP contribution in [0.1, 0.15) is 76.7 Å². The summed E-state index contributed by atoms with van der Waals surface area (Å²) in [7, 11) is 1.29. The zero-order chi connectivity index (χ0) is 28.1. The van der Waals surface area contributed by atoms with Gasteiger partial charge in [-0.05, 0) is 81.0 Å². The van der Waals surface area contributed by atoms with Crippen molar-refractivity contribution in [3.8, 4) is 11.3 Å². The van der Waals surface area contributed by atoms with E-state index in [-0.39, 0.29) is 29.4 Å². The van der Waals surface area contributed by atoms with Gasteiger partial charge in [-0.1, -0.05) is 37.8 Å². The Bertz CT molecular complexity index is 1550. The van der Waals surface area contributed by atoms with Gasteiger partial charge in [-0.15, -0.1) is 0 Å². The molecule has 8 nitrogen and oxygen atoms in total. The monoisotopic (exact) mass is 556 g/mol. The molecular formula is C33H40N4O4. The Morgan fingerprint density at radius 3 is 2.27 bits per heavy atom. The van der Waals surface area contributed by atoms with Crippen molar-refractivity contribution in [3.05, 3.63) is 63.3 Å². The molecular weight excluding hydrogens is 516 g/mol. The maximum absolute atomic E-state index is 14.3. The summed E-state index contributed by atoms with van der Waals surface area (Å²) in [5.74, 6) is 1.27. The number of fused-ring (bicyclic) bond motifs is 5. The number of ether oxygens (including phenoxy) is 1. The van der Waals surface area contributed by atoms with Crippen molar-refractivity contribution in [2.45, 2.75) is 101 Å². The molecule has 4 atom stereocenters. The first-order valence-electron chi connectivity index (χ1n) is 15.6. The molecule has 1 aromatic carbocycles. The van der Waals surface area contributed by atoms with Gasteiger partial charge in [-0.2, -0.15) is 0 Å². The van der Waals surface area contributed by atoms with Crippen molar-refractivity contribution in [3.63, 3.8) is 0 Å². The van der Waals surface area contributed by atoms with Gasteiger partial charge < -0.3 is 13.9 Å². The molecule has 4 fully saturated rings. The Morgan fingerprint density at radius 2 is 1.54 bits per heavy atom. The average molecular weight is 557 g/mol. The lowest BCUT2D eigenvalue weighted by atomic mass is 9.68. The highest BCUT2D eigenvalue weighted by molar-refractivity contribution is 5.78. The van der Waals surface area contributed by atoms with Crippen LogP contribution in [0.15, 0.2) is 52.2 Å². The molecule has 0 amide bonds. The maximum Gasteiger partial charge on any atom is 0.325 e. The van der Waals surface area contributed by atoms with E-state index in [1.807, 2.05) is 28.8 Å². The lowest BCUT2D eigenvalue weighted by Gasteiger charge is -2.55. The molecule has 4 bridgehead atoms. The highest BCUT2D eigenvalue weighted by Crippen LogP contribution is 2.47. The summed E-state index contributed by atoms with van der Waals surface area (Å²) in [5.41, 5.74) is 1.26. The first kappa shape index (κ1) is 26.6. The molecule has 2 saturated heterocycles. The first-order chi connectivity index (χ1) is 20.0. The van der Waals surface area contributed by atoms with Crippen molar-refractivity contribution >= 4 is 17.0 Å². The molecule has 0 N–H and O–H groups in total. The molecule has 2 saturated carbocycles. The fraction of sp³-hybridized carbons (Fsp3) is 0.576. The number of benzene rings is 1. The molecule has 3 aromatic rings. The number of carbonyl (C=O) groups is 1. The van der Waals surface area contributed by atoms with Crippen LogP contribution in [0.4, 0.5) is 0 Å².